The molecule has 1 saturated heterocycles. The van der Waals surface area contributed by atoms with E-state index in [2.05, 4.69) is 5.10 Å². The van der Waals surface area contributed by atoms with Crippen LogP contribution >= 0.6 is 0 Å². The molecule has 1 aliphatic rings. The lowest BCUT2D eigenvalue weighted by molar-refractivity contribution is 0.0610. The number of rotatable bonds is 2. The van der Waals surface area contributed by atoms with Crippen molar-refractivity contribution < 1.29 is 9.90 Å². The highest BCUT2D eigenvalue weighted by molar-refractivity contribution is 5.92. The van der Waals surface area contributed by atoms with Gasteiger partial charge in [-0.05, 0) is 31.7 Å². The Morgan fingerprint density at radius 3 is 3.00 bits per heavy atom. The van der Waals surface area contributed by atoms with Crippen LogP contribution in [0, 0.1) is 12.8 Å². The number of likely N-dealkylation sites (tertiary alicyclic amines) is 1. The van der Waals surface area contributed by atoms with Crippen LogP contribution in [0.5, 0.6) is 0 Å². The SMILES string of the molecule is Cc1cc(C(=O)N2CCC[C@H](CO)C2)n(C)n1. The minimum absolute atomic E-state index is 0.0197. The van der Waals surface area contributed by atoms with Crippen molar-refractivity contribution in [3.63, 3.8) is 0 Å². The summed E-state index contributed by atoms with van der Waals surface area (Å²) in [5.41, 5.74) is 1.48. The predicted molar refractivity (Wildman–Crippen MR) is 63.7 cm³/mol. The summed E-state index contributed by atoms with van der Waals surface area (Å²) in [6.45, 7) is 3.47. The maximum Gasteiger partial charge on any atom is 0.272 e. The molecule has 1 aromatic heterocycles. The van der Waals surface area contributed by atoms with E-state index in [0.717, 1.165) is 25.1 Å². The van der Waals surface area contributed by atoms with Gasteiger partial charge in [-0.3, -0.25) is 9.48 Å². The molecular weight excluding hydrogens is 218 g/mol. The smallest absolute Gasteiger partial charge is 0.272 e. The molecular formula is C12H19N3O2. The standard InChI is InChI=1S/C12H19N3O2/c1-9-6-11(14(2)13-9)12(17)15-5-3-4-10(7-15)8-16/h6,10,16H,3-5,7-8H2,1-2H3/t10-/m0/s1. The quantitative estimate of drug-likeness (QED) is 0.818. The summed E-state index contributed by atoms with van der Waals surface area (Å²) in [6.07, 6.45) is 1.97. The summed E-state index contributed by atoms with van der Waals surface area (Å²) in [5, 5.41) is 13.4. The van der Waals surface area contributed by atoms with Gasteiger partial charge in [0.25, 0.3) is 5.91 Å². The Bertz CT molecular complexity index is 414. The average Bonchev–Trinajstić information content (AvgIpc) is 2.67. The molecule has 1 N–H and O–H groups in total. The molecule has 1 atom stereocenters. The van der Waals surface area contributed by atoms with Gasteiger partial charge in [0, 0.05) is 26.7 Å². The van der Waals surface area contributed by atoms with Crippen molar-refractivity contribution in [2.45, 2.75) is 19.8 Å². The third-order valence-electron chi connectivity index (χ3n) is 3.29. The van der Waals surface area contributed by atoms with Crippen LogP contribution in [0.2, 0.25) is 0 Å². The van der Waals surface area contributed by atoms with Crippen molar-refractivity contribution in [2.75, 3.05) is 19.7 Å². The number of piperidine rings is 1. The van der Waals surface area contributed by atoms with Gasteiger partial charge in [0.1, 0.15) is 5.69 Å². The molecule has 17 heavy (non-hydrogen) atoms. The van der Waals surface area contributed by atoms with E-state index >= 15 is 0 Å². The number of aliphatic hydroxyl groups is 1. The molecule has 0 unspecified atom stereocenters. The lowest BCUT2D eigenvalue weighted by Crippen LogP contribution is -2.41. The van der Waals surface area contributed by atoms with Gasteiger partial charge < -0.3 is 10.0 Å². The number of nitrogens with zero attached hydrogens (tertiary/aromatic N) is 3. The molecule has 1 aliphatic heterocycles. The fourth-order valence-electron chi connectivity index (χ4n) is 2.37. The van der Waals surface area contributed by atoms with Crippen molar-refractivity contribution in [1.29, 1.82) is 0 Å². The molecule has 94 valence electrons. The topological polar surface area (TPSA) is 58.4 Å². The van der Waals surface area contributed by atoms with E-state index < -0.39 is 0 Å². The van der Waals surface area contributed by atoms with Gasteiger partial charge in [-0.2, -0.15) is 5.10 Å². The summed E-state index contributed by atoms with van der Waals surface area (Å²) in [7, 11) is 1.79. The van der Waals surface area contributed by atoms with Gasteiger partial charge in [-0.15, -0.1) is 0 Å². The van der Waals surface area contributed by atoms with E-state index in [1.54, 1.807) is 11.7 Å². The minimum Gasteiger partial charge on any atom is -0.396 e. The van der Waals surface area contributed by atoms with Crippen molar-refractivity contribution in [3.05, 3.63) is 17.5 Å². The van der Waals surface area contributed by atoms with Crippen LogP contribution in [-0.2, 0) is 7.05 Å². The monoisotopic (exact) mass is 237 g/mol. The first-order valence-electron chi connectivity index (χ1n) is 6.02. The van der Waals surface area contributed by atoms with Gasteiger partial charge in [0.15, 0.2) is 0 Å². The first-order chi connectivity index (χ1) is 8.11. The van der Waals surface area contributed by atoms with Crippen LogP contribution < -0.4 is 0 Å². The van der Waals surface area contributed by atoms with Crippen LogP contribution in [0.15, 0.2) is 6.07 Å². The highest BCUT2D eigenvalue weighted by Crippen LogP contribution is 2.18. The zero-order valence-corrected chi connectivity index (χ0v) is 10.4. The molecule has 2 heterocycles. The number of carbonyl (C=O) groups is 1. The molecule has 1 fully saturated rings. The third-order valence-corrected chi connectivity index (χ3v) is 3.29. The summed E-state index contributed by atoms with van der Waals surface area (Å²) in [5.74, 6) is 0.244. The van der Waals surface area contributed by atoms with Gasteiger partial charge >= 0.3 is 0 Å². The minimum atomic E-state index is 0.0197. The fourth-order valence-corrected chi connectivity index (χ4v) is 2.37. The Morgan fingerprint density at radius 2 is 2.41 bits per heavy atom. The maximum atomic E-state index is 12.3. The van der Waals surface area contributed by atoms with Crippen LogP contribution in [0.25, 0.3) is 0 Å². The van der Waals surface area contributed by atoms with Crippen LogP contribution in [0.3, 0.4) is 0 Å². The Balaban J connectivity index is 2.12. The number of hydrogen-bond acceptors (Lipinski definition) is 3. The van der Waals surface area contributed by atoms with Crippen molar-refractivity contribution in [2.24, 2.45) is 13.0 Å². The molecule has 1 aromatic rings. The first-order valence-corrected chi connectivity index (χ1v) is 6.02. The zero-order valence-electron chi connectivity index (χ0n) is 10.4. The number of amides is 1. The second-order valence-corrected chi connectivity index (χ2v) is 4.74. The number of hydrogen-bond donors (Lipinski definition) is 1. The fraction of sp³-hybridized carbons (Fsp3) is 0.667. The first kappa shape index (κ1) is 12.1. The number of aryl methyl sites for hydroxylation is 2. The van der Waals surface area contributed by atoms with Gasteiger partial charge in [0.05, 0.1) is 5.69 Å². The Hall–Kier alpha value is -1.36. The van der Waals surface area contributed by atoms with E-state index in [9.17, 15) is 4.79 Å². The number of aliphatic hydroxyl groups excluding tert-OH is 1. The van der Waals surface area contributed by atoms with E-state index in [0.29, 0.717) is 12.2 Å². The number of carbonyl (C=O) groups excluding carboxylic acids is 1. The third kappa shape index (κ3) is 2.49. The van der Waals surface area contributed by atoms with E-state index in [1.807, 2.05) is 17.9 Å². The van der Waals surface area contributed by atoms with E-state index in [-0.39, 0.29) is 18.4 Å². The number of aromatic nitrogens is 2. The molecule has 0 bridgehead atoms. The van der Waals surface area contributed by atoms with Crippen molar-refractivity contribution >= 4 is 5.91 Å². The van der Waals surface area contributed by atoms with Crippen LogP contribution in [0.4, 0.5) is 0 Å². The zero-order chi connectivity index (χ0) is 12.4. The summed E-state index contributed by atoms with van der Waals surface area (Å²) in [6, 6.07) is 1.81. The van der Waals surface area contributed by atoms with Crippen molar-refractivity contribution in [3.8, 4) is 0 Å². The lowest BCUT2D eigenvalue weighted by Gasteiger charge is -2.31. The Morgan fingerprint density at radius 1 is 1.65 bits per heavy atom. The van der Waals surface area contributed by atoms with E-state index in [1.165, 1.54) is 0 Å². The summed E-state index contributed by atoms with van der Waals surface area (Å²) >= 11 is 0. The normalized spacial score (nSPS) is 20.6. The van der Waals surface area contributed by atoms with Crippen molar-refractivity contribution in [1.82, 2.24) is 14.7 Å². The second-order valence-electron chi connectivity index (χ2n) is 4.74. The highest BCUT2D eigenvalue weighted by Gasteiger charge is 2.25. The van der Waals surface area contributed by atoms with Gasteiger partial charge in [-0.25, -0.2) is 0 Å². The largest absolute Gasteiger partial charge is 0.396 e. The molecule has 2 rings (SSSR count). The highest BCUT2D eigenvalue weighted by atomic mass is 16.3. The lowest BCUT2D eigenvalue weighted by atomic mass is 9.99. The second kappa shape index (κ2) is 4.87. The predicted octanol–water partition coefficient (Wildman–Crippen LogP) is 0.573. The van der Waals surface area contributed by atoms with Crippen LogP contribution in [-0.4, -0.2) is 45.4 Å². The summed E-state index contributed by atoms with van der Waals surface area (Å²) < 4.78 is 1.63. The Labute approximate surface area is 101 Å². The maximum absolute atomic E-state index is 12.3. The molecule has 5 heteroatoms. The molecule has 0 aromatic carbocycles. The molecule has 1 amide bonds. The average molecular weight is 237 g/mol. The molecule has 0 aliphatic carbocycles. The molecule has 0 spiro atoms. The molecule has 5 nitrogen and oxygen atoms in total. The van der Waals surface area contributed by atoms with E-state index in [4.69, 9.17) is 5.11 Å². The van der Waals surface area contributed by atoms with Gasteiger partial charge in [-0.1, -0.05) is 0 Å². The van der Waals surface area contributed by atoms with Gasteiger partial charge in [0.2, 0.25) is 0 Å². The Kier molecular flexibility index (Phi) is 3.47. The summed E-state index contributed by atoms with van der Waals surface area (Å²) in [4.78, 5) is 14.1. The van der Waals surface area contributed by atoms with Crippen LogP contribution in [0.1, 0.15) is 29.0 Å². The molecule has 0 radical (unpaired) electrons. The molecule has 0 saturated carbocycles.